The summed E-state index contributed by atoms with van der Waals surface area (Å²) >= 11 is 5.86. The smallest absolute Gasteiger partial charge is 0.313 e. The molecule has 1 aliphatic heterocycles. The van der Waals surface area contributed by atoms with Crippen molar-refractivity contribution in [3.8, 4) is 0 Å². The lowest BCUT2D eigenvalue weighted by molar-refractivity contribution is -0.384. The highest BCUT2D eigenvalue weighted by Gasteiger charge is 2.20. The van der Waals surface area contributed by atoms with Crippen LogP contribution in [0.5, 0.6) is 0 Å². The summed E-state index contributed by atoms with van der Waals surface area (Å²) in [6.45, 7) is 1.48. The number of anilines is 1. The van der Waals surface area contributed by atoms with E-state index in [0.29, 0.717) is 19.4 Å². The third-order valence-electron chi connectivity index (χ3n) is 3.68. The SMILES string of the molecule is O=C(NCCCN1CCCC1=O)C(=O)Nc1cc([N+](=O)[O-])ccc1Cl. The van der Waals surface area contributed by atoms with Crippen molar-refractivity contribution in [2.45, 2.75) is 19.3 Å². The zero-order valence-electron chi connectivity index (χ0n) is 13.3. The molecule has 1 aromatic rings. The first-order valence-electron chi connectivity index (χ1n) is 7.69. The van der Waals surface area contributed by atoms with Gasteiger partial charge in [-0.3, -0.25) is 24.5 Å². The zero-order valence-corrected chi connectivity index (χ0v) is 14.0. The van der Waals surface area contributed by atoms with Crippen LogP contribution in [-0.2, 0) is 14.4 Å². The fourth-order valence-corrected chi connectivity index (χ4v) is 2.56. The highest BCUT2D eigenvalue weighted by Crippen LogP contribution is 2.26. The van der Waals surface area contributed by atoms with Crippen molar-refractivity contribution in [1.82, 2.24) is 10.2 Å². The molecule has 3 amide bonds. The molecule has 0 unspecified atom stereocenters. The van der Waals surface area contributed by atoms with Gasteiger partial charge in [0.2, 0.25) is 5.91 Å². The Morgan fingerprint density at radius 3 is 2.72 bits per heavy atom. The third-order valence-corrected chi connectivity index (χ3v) is 4.01. The molecule has 1 aromatic carbocycles. The van der Waals surface area contributed by atoms with Gasteiger partial charge in [0.05, 0.1) is 15.6 Å². The molecule has 0 atom stereocenters. The van der Waals surface area contributed by atoms with Crippen LogP contribution in [0.3, 0.4) is 0 Å². The third kappa shape index (κ3) is 5.15. The fourth-order valence-electron chi connectivity index (χ4n) is 2.39. The van der Waals surface area contributed by atoms with Crippen LogP contribution < -0.4 is 10.6 Å². The van der Waals surface area contributed by atoms with Gasteiger partial charge in [0.25, 0.3) is 5.69 Å². The standard InChI is InChI=1S/C15H17ClN4O5/c16-11-5-4-10(20(24)25)9-12(11)18-15(23)14(22)17-6-2-8-19-7-1-3-13(19)21/h4-5,9H,1-3,6-8H2,(H,17,22)(H,18,23). The van der Waals surface area contributed by atoms with Crippen molar-refractivity contribution in [3.63, 3.8) is 0 Å². The Balaban J connectivity index is 1.80. The minimum absolute atomic E-state index is 0.0151. The van der Waals surface area contributed by atoms with Crippen LogP contribution in [0, 0.1) is 10.1 Å². The van der Waals surface area contributed by atoms with Crippen molar-refractivity contribution < 1.29 is 19.3 Å². The number of nitrogens with one attached hydrogen (secondary N) is 2. The predicted octanol–water partition coefficient (Wildman–Crippen LogP) is 1.32. The first kappa shape index (κ1) is 18.7. The number of nitrogens with zero attached hydrogens (tertiary/aromatic N) is 2. The van der Waals surface area contributed by atoms with Gasteiger partial charge in [0.15, 0.2) is 0 Å². The molecule has 0 aliphatic carbocycles. The molecule has 1 heterocycles. The summed E-state index contributed by atoms with van der Waals surface area (Å²) in [7, 11) is 0. The molecule has 0 bridgehead atoms. The van der Waals surface area contributed by atoms with Crippen LogP contribution in [-0.4, -0.2) is 47.2 Å². The van der Waals surface area contributed by atoms with Crippen LogP contribution in [0.25, 0.3) is 0 Å². The van der Waals surface area contributed by atoms with Crippen LogP contribution in [0.15, 0.2) is 18.2 Å². The number of hydrogen-bond donors (Lipinski definition) is 2. The topological polar surface area (TPSA) is 122 Å². The minimum Gasteiger partial charge on any atom is -0.348 e. The number of nitro groups is 1. The van der Waals surface area contributed by atoms with Crippen molar-refractivity contribution in [2.24, 2.45) is 0 Å². The summed E-state index contributed by atoms with van der Waals surface area (Å²) in [6.07, 6.45) is 1.93. The molecule has 0 spiro atoms. The number of nitro benzene ring substituents is 1. The average molecular weight is 369 g/mol. The number of carbonyl (C=O) groups is 3. The molecule has 9 nitrogen and oxygen atoms in total. The normalized spacial score (nSPS) is 13.6. The molecular formula is C15H17ClN4O5. The van der Waals surface area contributed by atoms with Crippen molar-refractivity contribution in [3.05, 3.63) is 33.3 Å². The van der Waals surface area contributed by atoms with E-state index < -0.39 is 16.7 Å². The molecule has 2 rings (SSSR count). The highest BCUT2D eigenvalue weighted by molar-refractivity contribution is 6.41. The second-order valence-corrected chi connectivity index (χ2v) is 5.88. The summed E-state index contributed by atoms with van der Waals surface area (Å²) in [5.74, 6) is -1.75. The second kappa shape index (κ2) is 8.43. The summed E-state index contributed by atoms with van der Waals surface area (Å²) in [5.41, 5.74) is -0.269. The minimum atomic E-state index is -0.973. The average Bonchev–Trinajstić information content (AvgIpc) is 2.98. The van der Waals surface area contributed by atoms with Gasteiger partial charge in [-0.15, -0.1) is 0 Å². The lowest BCUT2D eigenvalue weighted by Gasteiger charge is -2.15. The van der Waals surface area contributed by atoms with Gasteiger partial charge >= 0.3 is 11.8 Å². The zero-order chi connectivity index (χ0) is 18.4. The maximum atomic E-state index is 11.8. The van der Waals surface area contributed by atoms with E-state index in [9.17, 15) is 24.5 Å². The van der Waals surface area contributed by atoms with E-state index in [1.807, 2.05) is 0 Å². The molecular weight excluding hydrogens is 352 g/mol. The van der Waals surface area contributed by atoms with E-state index in [-0.39, 0.29) is 28.8 Å². The number of hydrogen-bond acceptors (Lipinski definition) is 5. The van der Waals surface area contributed by atoms with Gasteiger partial charge < -0.3 is 15.5 Å². The molecule has 0 aromatic heterocycles. The Morgan fingerprint density at radius 1 is 1.32 bits per heavy atom. The Morgan fingerprint density at radius 2 is 2.08 bits per heavy atom. The van der Waals surface area contributed by atoms with Crippen LogP contribution in [0.2, 0.25) is 5.02 Å². The predicted molar refractivity (Wildman–Crippen MR) is 90.2 cm³/mol. The molecule has 134 valence electrons. The summed E-state index contributed by atoms with van der Waals surface area (Å²) in [4.78, 5) is 46.8. The van der Waals surface area contributed by atoms with Crippen molar-refractivity contribution in [1.29, 1.82) is 0 Å². The maximum absolute atomic E-state index is 11.8. The summed E-state index contributed by atoms with van der Waals surface area (Å²) in [6, 6.07) is 3.53. The number of benzene rings is 1. The molecule has 0 radical (unpaired) electrons. The van der Waals surface area contributed by atoms with E-state index in [1.165, 1.54) is 12.1 Å². The molecule has 1 saturated heterocycles. The van der Waals surface area contributed by atoms with Gasteiger partial charge in [-0.1, -0.05) is 11.6 Å². The largest absolute Gasteiger partial charge is 0.348 e. The van der Waals surface area contributed by atoms with Gasteiger partial charge in [-0.25, -0.2) is 0 Å². The Hall–Kier alpha value is -2.68. The maximum Gasteiger partial charge on any atom is 0.313 e. The number of likely N-dealkylation sites (tertiary alicyclic amines) is 1. The van der Waals surface area contributed by atoms with Gasteiger partial charge in [-0.2, -0.15) is 0 Å². The number of amides is 3. The Kier molecular flexibility index (Phi) is 6.29. The first-order valence-corrected chi connectivity index (χ1v) is 8.07. The number of carbonyl (C=O) groups excluding carboxylic acids is 3. The first-order chi connectivity index (χ1) is 11.9. The quantitative estimate of drug-likeness (QED) is 0.339. The van der Waals surface area contributed by atoms with Gasteiger partial charge in [0, 0.05) is 38.2 Å². The molecule has 25 heavy (non-hydrogen) atoms. The molecule has 1 fully saturated rings. The van der Waals surface area contributed by atoms with Crippen LogP contribution >= 0.6 is 11.6 Å². The molecule has 10 heteroatoms. The van der Waals surface area contributed by atoms with E-state index in [4.69, 9.17) is 11.6 Å². The number of halogens is 1. The molecule has 1 aliphatic rings. The number of rotatable bonds is 6. The fraction of sp³-hybridized carbons (Fsp3) is 0.400. The van der Waals surface area contributed by atoms with Crippen molar-refractivity contribution >= 4 is 40.7 Å². The summed E-state index contributed by atoms with van der Waals surface area (Å²) in [5, 5.41) is 15.5. The Labute approximate surface area is 148 Å². The van der Waals surface area contributed by atoms with Crippen LogP contribution in [0.4, 0.5) is 11.4 Å². The second-order valence-electron chi connectivity index (χ2n) is 5.47. The highest BCUT2D eigenvalue weighted by atomic mass is 35.5. The van der Waals surface area contributed by atoms with E-state index in [1.54, 1.807) is 4.90 Å². The molecule has 0 saturated carbocycles. The van der Waals surface area contributed by atoms with Gasteiger partial charge in [0.1, 0.15) is 0 Å². The lowest BCUT2D eigenvalue weighted by Crippen LogP contribution is -2.37. The van der Waals surface area contributed by atoms with E-state index in [0.717, 1.165) is 19.0 Å². The lowest BCUT2D eigenvalue weighted by atomic mass is 10.2. The van der Waals surface area contributed by atoms with E-state index >= 15 is 0 Å². The van der Waals surface area contributed by atoms with Gasteiger partial charge in [-0.05, 0) is 18.9 Å². The Bertz CT molecular complexity index is 709. The monoisotopic (exact) mass is 368 g/mol. The van der Waals surface area contributed by atoms with E-state index in [2.05, 4.69) is 10.6 Å². The molecule has 2 N–H and O–H groups in total. The van der Waals surface area contributed by atoms with Crippen molar-refractivity contribution in [2.75, 3.05) is 25.0 Å². The number of non-ortho nitro benzene ring substituents is 1. The van der Waals surface area contributed by atoms with Crippen LogP contribution in [0.1, 0.15) is 19.3 Å². The summed E-state index contributed by atoms with van der Waals surface area (Å²) < 4.78 is 0.